The molecule has 0 aliphatic carbocycles. The van der Waals surface area contributed by atoms with Crippen LogP contribution in [0.3, 0.4) is 0 Å². The Morgan fingerprint density at radius 3 is 1.64 bits per heavy atom. The molecule has 1 aromatic carbocycles. The van der Waals surface area contributed by atoms with E-state index in [0.29, 0.717) is 0 Å². The van der Waals surface area contributed by atoms with Crippen molar-refractivity contribution in [3.63, 3.8) is 0 Å². The molecule has 1 rings (SSSR count). The van der Waals surface area contributed by atoms with Crippen LogP contribution >= 0.6 is 33.2 Å². The van der Waals surface area contributed by atoms with Crippen LogP contribution in [0.15, 0.2) is 30.3 Å². The van der Waals surface area contributed by atoms with Crippen LogP contribution in [-0.2, 0) is 0 Å². The fourth-order valence-corrected chi connectivity index (χ4v) is 2.33. The number of hydrogen-bond donors (Lipinski definition) is 0. The van der Waals surface area contributed by atoms with Gasteiger partial charge in [0, 0.05) is 0 Å². The maximum absolute atomic E-state index is 5.73. The number of halogens is 4. The molecule has 0 bridgehead atoms. The second kappa shape index (κ2) is 4.31. The maximum Gasteiger partial charge on any atom is 0.372 e. The molecular formula is C6H6Cl3FSi. The number of rotatable bonds is 1. The smallest absolute Gasteiger partial charge is 0.269 e. The maximum atomic E-state index is 5.73. The van der Waals surface area contributed by atoms with Crippen LogP contribution in [0.2, 0.25) is 0 Å². The Hall–Kier alpha value is 0.237. The molecule has 0 aliphatic heterocycles. The highest BCUT2D eigenvalue weighted by Gasteiger charge is 2.26. The molecule has 0 aromatic heterocycles. The van der Waals surface area contributed by atoms with Crippen molar-refractivity contribution in [2.75, 3.05) is 0 Å². The molecule has 0 heterocycles. The molecule has 0 aliphatic rings. The van der Waals surface area contributed by atoms with Gasteiger partial charge in [-0.1, -0.05) is 30.3 Å². The van der Waals surface area contributed by atoms with E-state index in [-0.39, 0.29) is 4.70 Å². The van der Waals surface area contributed by atoms with Crippen molar-refractivity contribution in [1.82, 2.24) is 0 Å². The molecule has 5 heteroatoms. The Morgan fingerprint density at radius 1 is 0.909 bits per heavy atom. The van der Waals surface area contributed by atoms with Gasteiger partial charge < -0.3 is 0 Å². The van der Waals surface area contributed by atoms with Crippen LogP contribution in [0.25, 0.3) is 0 Å². The van der Waals surface area contributed by atoms with E-state index in [4.69, 9.17) is 33.2 Å². The van der Waals surface area contributed by atoms with E-state index < -0.39 is 6.00 Å². The van der Waals surface area contributed by atoms with Crippen molar-refractivity contribution in [2.45, 2.75) is 0 Å². The second-order valence-corrected chi connectivity index (χ2v) is 10.3. The summed E-state index contributed by atoms with van der Waals surface area (Å²) >= 11 is 17.2. The van der Waals surface area contributed by atoms with Crippen molar-refractivity contribution in [2.24, 2.45) is 0 Å². The summed E-state index contributed by atoms with van der Waals surface area (Å²) in [6.45, 7) is 0. The summed E-state index contributed by atoms with van der Waals surface area (Å²) in [7, 11) is 0. The first kappa shape index (κ1) is 11.2. The van der Waals surface area contributed by atoms with Crippen LogP contribution in [0.4, 0.5) is 4.70 Å². The van der Waals surface area contributed by atoms with Gasteiger partial charge in [-0.05, 0) is 5.19 Å². The van der Waals surface area contributed by atoms with Gasteiger partial charge in [0.05, 0.1) is 0 Å². The standard InChI is InChI=1S/C6H5Cl3Si.FH/c7-10(8,9)6-4-2-1-3-5-6;/h1-5H;1H. The molecule has 0 saturated carbocycles. The van der Waals surface area contributed by atoms with Gasteiger partial charge in [0.2, 0.25) is 0 Å². The van der Waals surface area contributed by atoms with Crippen LogP contribution < -0.4 is 5.19 Å². The van der Waals surface area contributed by atoms with E-state index >= 15 is 0 Å². The van der Waals surface area contributed by atoms with Gasteiger partial charge >= 0.3 is 6.00 Å². The van der Waals surface area contributed by atoms with E-state index in [0.717, 1.165) is 5.19 Å². The average Bonchev–Trinajstić information content (AvgIpc) is 1.88. The summed E-state index contributed by atoms with van der Waals surface area (Å²) in [5.41, 5.74) is 0. The minimum Gasteiger partial charge on any atom is -0.269 e. The lowest BCUT2D eigenvalue weighted by atomic mass is 10.4. The molecule has 62 valence electrons. The fraction of sp³-hybridized carbons (Fsp3) is 0. The molecule has 0 amide bonds. The Morgan fingerprint density at radius 2 is 1.36 bits per heavy atom. The zero-order chi connectivity index (χ0) is 7.61. The zero-order valence-corrected chi connectivity index (χ0v) is 8.70. The summed E-state index contributed by atoms with van der Waals surface area (Å²) in [6, 6.07) is 6.68. The topological polar surface area (TPSA) is 0 Å². The summed E-state index contributed by atoms with van der Waals surface area (Å²) in [5, 5.41) is 0.833. The van der Waals surface area contributed by atoms with E-state index in [1.807, 2.05) is 30.3 Å². The monoisotopic (exact) mass is 230 g/mol. The molecule has 11 heavy (non-hydrogen) atoms. The van der Waals surface area contributed by atoms with Crippen molar-refractivity contribution in [1.29, 1.82) is 0 Å². The second-order valence-electron chi connectivity index (χ2n) is 1.86. The average molecular weight is 232 g/mol. The number of hydrogen-bond acceptors (Lipinski definition) is 0. The third kappa shape index (κ3) is 3.43. The van der Waals surface area contributed by atoms with Gasteiger partial charge in [-0.25, -0.2) is 0 Å². The molecule has 0 radical (unpaired) electrons. The van der Waals surface area contributed by atoms with Gasteiger partial charge in [0.1, 0.15) is 0 Å². The van der Waals surface area contributed by atoms with E-state index in [1.54, 1.807) is 0 Å². The first-order valence-electron chi connectivity index (χ1n) is 2.73. The Bertz CT molecular complexity index is 209. The largest absolute Gasteiger partial charge is 0.372 e. The zero-order valence-electron chi connectivity index (χ0n) is 5.43. The van der Waals surface area contributed by atoms with Gasteiger partial charge in [-0.3, -0.25) is 4.70 Å². The first-order valence-corrected chi connectivity index (χ1v) is 7.76. The van der Waals surface area contributed by atoms with Gasteiger partial charge in [-0.15, -0.1) is 33.2 Å². The molecule has 0 N–H and O–H groups in total. The third-order valence-electron chi connectivity index (χ3n) is 1.10. The van der Waals surface area contributed by atoms with Gasteiger partial charge in [0.25, 0.3) is 0 Å². The lowest BCUT2D eigenvalue weighted by Crippen LogP contribution is -2.29. The molecular weight excluding hydrogens is 226 g/mol. The third-order valence-corrected chi connectivity index (χ3v) is 4.05. The van der Waals surface area contributed by atoms with Crippen molar-refractivity contribution in [3.05, 3.63) is 30.3 Å². The van der Waals surface area contributed by atoms with Gasteiger partial charge in [0.15, 0.2) is 0 Å². The summed E-state index contributed by atoms with van der Waals surface area (Å²) < 4.78 is 0. The van der Waals surface area contributed by atoms with Crippen LogP contribution in [0.1, 0.15) is 0 Å². The predicted octanol–water partition coefficient (Wildman–Crippen LogP) is 2.70. The normalized spacial score (nSPS) is 10.5. The Balaban J connectivity index is 0.000001000. The van der Waals surface area contributed by atoms with Crippen LogP contribution in [0, 0.1) is 0 Å². The lowest BCUT2D eigenvalue weighted by molar-refractivity contribution is 1.11. The number of benzene rings is 1. The SMILES string of the molecule is Cl[Si](Cl)(Cl)c1ccccc1.F. The molecule has 0 unspecified atom stereocenters. The Labute approximate surface area is 79.6 Å². The molecule has 0 spiro atoms. The van der Waals surface area contributed by atoms with Gasteiger partial charge in [-0.2, -0.15) is 0 Å². The highest BCUT2D eigenvalue weighted by molar-refractivity contribution is 7.69. The minimum absolute atomic E-state index is 0. The molecule has 0 saturated heterocycles. The van der Waals surface area contributed by atoms with E-state index in [1.165, 1.54) is 0 Å². The van der Waals surface area contributed by atoms with Crippen LogP contribution in [-0.4, -0.2) is 6.00 Å². The highest BCUT2D eigenvalue weighted by Crippen LogP contribution is 2.18. The van der Waals surface area contributed by atoms with E-state index in [9.17, 15) is 0 Å². The molecule has 0 nitrogen and oxygen atoms in total. The van der Waals surface area contributed by atoms with E-state index in [2.05, 4.69) is 0 Å². The molecule has 0 atom stereocenters. The fourth-order valence-electron chi connectivity index (χ4n) is 0.627. The van der Waals surface area contributed by atoms with Crippen molar-refractivity contribution in [3.8, 4) is 0 Å². The molecule has 0 fully saturated rings. The first-order chi connectivity index (χ1) is 4.61. The Kier molecular flexibility index (Phi) is 4.40. The van der Waals surface area contributed by atoms with Crippen molar-refractivity contribution >= 4 is 44.4 Å². The quantitative estimate of drug-likeness (QED) is 0.515. The highest BCUT2D eigenvalue weighted by atomic mass is 35.8. The molecule has 1 aromatic rings. The van der Waals surface area contributed by atoms with Crippen molar-refractivity contribution < 1.29 is 4.70 Å². The summed E-state index contributed by atoms with van der Waals surface area (Å²) in [6.07, 6.45) is 0. The lowest BCUT2D eigenvalue weighted by Gasteiger charge is -2.05. The predicted molar refractivity (Wildman–Crippen MR) is 51.9 cm³/mol. The summed E-state index contributed by atoms with van der Waals surface area (Å²) in [4.78, 5) is 0. The summed E-state index contributed by atoms with van der Waals surface area (Å²) in [5.74, 6) is 0. The minimum atomic E-state index is -2.62. The van der Waals surface area contributed by atoms with Crippen LogP contribution in [0.5, 0.6) is 0 Å².